The summed E-state index contributed by atoms with van der Waals surface area (Å²) < 4.78 is 1.07. The van der Waals surface area contributed by atoms with Crippen LogP contribution in [0.3, 0.4) is 0 Å². The highest BCUT2D eigenvalue weighted by molar-refractivity contribution is 9.10. The molecule has 0 bridgehead atoms. The summed E-state index contributed by atoms with van der Waals surface area (Å²) in [7, 11) is 0. The van der Waals surface area contributed by atoms with Crippen LogP contribution in [0.5, 0.6) is 0 Å². The second kappa shape index (κ2) is 4.86. The number of hydrogen-bond donors (Lipinski definition) is 2. The van der Waals surface area contributed by atoms with Crippen LogP contribution in [0, 0.1) is 5.92 Å². The van der Waals surface area contributed by atoms with E-state index in [1.54, 1.807) is 0 Å². The van der Waals surface area contributed by atoms with Gasteiger partial charge in [0.05, 0.1) is 5.60 Å². The highest BCUT2D eigenvalue weighted by Crippen LogP contribution is 2.27. The first-order chi connectivity index (χ1) is 7.58. The van der Waals surface area contributed by atoms with Crippen molar-refractivity contribution in [2.24, 2.45) is 5.92 Å². The topological polar surface area (TPSA) is 32.3 Å². The zero-order chi connectivity index (χ0) is 11.6. The summed E-state index contributed by atoms with van der Waals surface area (Å²) in [5.74, 6) is 0.367. The van der Waals surface area contributed by atoms with E-state index in [4.69, 9.17) is 0 Å². The lowest BCUT2D eigenvalue weighted by Gasteiger charge is -2.29. The molecule has 16 heavy (non-hydrogen) atoms. The number of hydrogen-bond acceptors (Lipinski definition) is 2. The molecule has 3 heteroatoms. The number of aliphatic hydroxyl groups is 1. The van der Waals surface area contributed by atoms with E-state index in [1.165, 1.54) is 5.56 Å². The molecule has 2 nitrogen and oxygen atoms in total. The van der Waals surface area contributed by atoms with E-state index in [-0.39, 0.29) is 0 Å². The molecule has 1 fully saturated rings. The molecule has 0 amide bonds. The highest BCUT2D eigenvalue weighted by atomic mass is 79.9. The zero-order valence-corrected chi connectivity index (χ0v) is 11.1. The van der Waals surface area contributed by atoms with Gasteiger partial charge >= 0.3 is 0 Å². The third kappa shape index (κ3) is 2.84. The summed E-state index contributed by atoms with van der Waals surface area (Å²) in [5.41, 5.74) is 0.580. The predicted molar refractivity (Wildman–Crippen MR) is 69.4 cm³/mol. The minimum atomic E-state index is -0.607. The lowest BCUT2D eigenvalue weighted by Crippen LogP contribution is -2.38. The van der Waals surface area contributed by atoms with E-state index in [0.717, 1.165) is 30.4 Å². The van der Waals surface area contributed by atoms with Crippen molar-refractivity contribution in [3.63, 3.8) is 0 Å². The average Bonchev–Trinajstić information content (AvgIpc) is 2.69. The molecule has 1 aliphatic rings. The SMILES string of the molecule is CC(O)(Cc1cccc(Br)c1)C1CCNC1. The predicted octanol–water partition coefficient (Wildman–Crippen LogP) is 2.35. The van der Waals surface area contributed by atoms with E-state index < -0.39 is 5.60 Å². The zero-order valence-electron chi connectivity index (χ0n) is 9.54. The molecule has 88 valence electrons. The van der Waals surface area contributed by atoms with E-state index >= 15 is 0 Å². The molecular weight excluding hydrogens is 266 g/mol. The Morgan fingerprint density at radius 1 is 1.56 bits per heavy atom. The maximum Gasteiger partial charge on any atom is 0.0700 e. The van der Waals surface area contributed by atoms with Crippen molar-refractivity contribution in [2.45, 2.75) is 25.4 Å². The van der Waals surface area contributed by atoms with E-state index in [1.807, 2.05) is 19.1 Å². The summed E-state index contributed by atoms with van der Waals surface area (Å²) in [5, 5.41) is 13.8. The van der Waals surface area contributed by atoms with Crippen molar-refractivity contribution in [2.75, 3.05) is 13.1 Å². The summed E-state index contributed by atoms with van der Waals surface area (Å²) in [6.07, 6.45) is 1.79. The molecular formula is C13H18BrNO. The van der Waals surface area contributed by atoms with Crippen molar-refractivity contribution >= 4 is 15.9 Å². The molecule has 0 aliphatic carbocycles. The largest absolute Gasteiger partial charge is 0.389 e. The van der Waals surface area contributed by atoms with Crippen LogP contribution < -0.4 is 5.32 Å². The normalized spacial score (nSPS) is 24.3. The van der Waals surface area contributed by atoms with Crippen LogP contribution in [0.25, 0.3) is 0 Å². The second-order valence-electron chi connectivity index (χ2n) is 4.85. The molecule has 0 spiro atoms. The number of halogens is 1. The van der Waals surface area contributed by atoms with Crippen LogP contribution in [0.1, 0.15) is 18.9 Å². The molecule has 1 aromatic rings. The fourth-order valence-electron chi connectivity index (χ4n) is 2.39. The Hall–Kier alpha value is -0.380. The summed E-state index contributed by atoms with van der Waals surface area (Å²) >= 11 is 3.46. The standard InChI is InChI=1S/C13H18BrNO/c1-13(16,11-5-6-15-9-11)8-10-3-2-4-12(14)7-10/h2-4,7,11,15-16H,5-6,8-9H2,1H3. The van der Waals surface area contributed by atoms with E-state index in [0.29, 0.717) is 5.92 Å². The van der Waals surface area contributed by atoms with Gasteiger partial charge in [0.15, 0.2) is 0 Å². The molecule has 2 rings (SSSR count). The number of benzene rings is 1. The van der Waals surface area contributed by atoms with Gasteiger partial charge in [0.25, 0.3) is 0 Å². The first kappa shape index (κ1) is 12.1. The quantitative estimate of drug-likeness (QED) is 0.893. The first-order valence-corrected chi connectivity index (χ1v) is 6.55. The Kier molecular flexibility index (Phi) is 3.67. The fraction of sp³-hybridized carbons (Fsp3) is 0.538. The van der Waals surface area contributed by atoms with Gasteiger partial charge in [0, 0.05) is 23.4 Å². The van der Waals surface area contributed by atoms with Gasteiger partial charge in [0.2, 0.25) is 0 Å². The Bertz CT molecular complexity index is 359. The Morgan fingerprint density at radius 2 is 2.38 bits per heavy atom. The molecule has 2 unspecified atom stereocenters. The lowest BCUT2D eigenvalue weighted by molar-refractivity contribution is 0.00726. The summed E-state index contributed by atoms with van der Waals surface area (Å²) in [6.45, 7) is 3.91. The molecule has 1 heterocycles. The molecule has 1 saturated heterocycles. The van der Waals surface area contributed by atoms with Gasteiger partial charge in [-0.15, -0.1) is 0 Å². The molecule has 1 aliphatic heterocycles. The molecule has 0 aromatic heterocycles. The van der Waals surface area contributed by atoms with Gasteiger partial charge in [-0.3, -0.25) is 0 Å². The van der Waals surface area contributed by atoms with Crippen molar-refractivity contribution in [3.05, 3.63) is 34.3 Å². The van der Waals surface area contributed by atoms with Crippen molar-refractivity contribution in [1.82, 2.24) is 5.32 Å². The average molecular weight is 284 g/mol. The van der Waals surface area contributed by atoms with Crippen LogP contribution in [0.15, 0.2) is 28.7 Å². The third-order valence-corrected chi connectivity index (χ3v) is 3.88. The summed E-state index contributed by atoms with van der Waals surface area (Å²) in [6, 6.07) is 8.18. The lowest BCUT2D eigenvalue weighted by atomic mass is 9.83. The summed E-state index contributed by atoms with van der Waals surface area (Å²) in [4.78, 5) is 0. The first-order valence-electron chi connectivity index (χ1n) is 5.75. The Morgan fingerprint density at radius 3 is 3.00 bits per heavy atom. The molecule has 0 saturated carbocycles. The van der Waals surface area contributed by atoms with Crippen LogP contribution in [-0.4, -0.2) is 23.8 Å². The van der Waals surface area contributed by atoms with E-state index in [2.05, 4.69) is 33.4 Å². The minimum Gasteiger partial charge on any atom is -0.389 e. The maximum absolute atomic E-state index is 10.5. The molecule has 1 aromatic carbocycles. The van der Waals surface area contributed by atoms with Crippen LogP contribution in [0.4, 0.5) is 0 Å². The van der Waals surface area contributed by atoms with Gasteiger partial charge in [-0.1, -0.05) is 28.1 Å². The van der Waals surface area contributed by atoms with Gasteiger partial charge in [-0.2, -0.15) is 0 Å². The van der Waals surface area contributed by atoms with Gasteiger partial charge in [-0.25, -0.2) is 0 Å². The minimum absolute atomic E-state index is 0.367. The fourth-order valence-corrected chi connectivity index (χ4v) is 2.84. The smallest absolute Gasteiger partial charge is 0.0700 e. The van der Waals surface area contributed by atoms with Crippen LogP contribution in [-0.2, 0) is 6.42 Å². The van der Waals surface area contributed by atoms with Crippen LogP contribution in [0.2, 0.25) is 0 Å². The molecule has 0 radical (unpaired) electrons. The third-order valence-electron chi connectivity index (χ3n) is 3.39. The van der Waals surface area contributed by atoms with Gasteiger partial charge in [0.1, 0.15) is 0 Å². The van der Waals surface area contributed by atoms with Crippen molar-refractivity contribution in [3.8, 4) is 0 Å². The van der Waals surface area contributed by atoms with Crippen LogP contribution >= 0.6 is 15.9 Å². The van der Waals surface area contributed by atoms with Crippen molar-refractivity contribution < 1.29 is 5.11 Å². The Balaban J connectivity index is 2.07. The van der Waals surface area contributed by atoms with Gasteiger partial charge < -0.3 is 10.4 Å². The van der Waals surface area contributed by atoms with Crippen molar-refractivity contribution in [1.29, 1.82) is 0 Å². The Labute approximate surface area is 105 Å². The van der Waals surface area contributed by atoms with E-state index in [9.17, 15) is 5.11 Å². The molecule has 2 N–H and O–H groups in total. The maximum atomic E-state index is 10.5. The monoisotopic (exact) mass is 283 g/mol. The number of rotatable bonds is 3. The molecule has 2 atom stereocenters. The van der Waals surface area contributed by atoms with Gasteiger partial charge in [-0.05, 0) is 37.6 Å². The highest BCUT2D eigenvalue weighted by Gasteiger charge is 2.33. The number of nitrogens with one attached hydrogen (secondary N) is 1. The second-order valence-corrected chi connectivity index (χ2v) is 5.77.